The quantitative estimate of drug-likeness (QED) is 0.687. The number of hydrogen-bond acceptors (Lipinski definition) is 4. The molecular formula is C19H25ClN4OS. The maximum atomic E-state index is 12.2. The van der Waals surface area contributed by atoms with Crippen molar-refractivity contribution in [3.8, 4) is 0 Å². The Bertz CT molecular complexity index is 743. The first-order valence-electron chi connectivity index (χ1n) is 9.26. The minimum atomic E-state index is -0.0948. The fraction of sp³-hybridized carbons (Fsp3) is 0.526. The minimum absolute atomic E-state index is 0.0948. The highest BCUT2D eigenvalue weighted by Crippen LogP contribution is 2.28. The number of anilines is 1. The van der Waals surface area contributed by atoms with E-state index in [1.54, 1.807) is 12.1 Å². The maximum absolute atomic E-state index is 12.2. The topological polar surface area (TPSA) is 59.8 Å². The molecule has 1 heterocycles. The van der Waals surface area contributed by atoms with E-state index in [-0.39, 0.29) is 11.7 Å². The molecule has 140 valence electrons. The molecule has 2 aromatic rings. The molecule has 0 saturated heterocycles. The van der Waals surface area contributed by atoms with E-state index < -0.39 is 0 Å². The van der Waals surface area contributed by atoms with Crippen LogP contribution in [-0.4, -0.2) is 26.4 Å². The molecule has 1 aliphatic rings. The van der Waals surface area contributed by atoms with Crippen molar-refractivity contribution in [1.82, 2.24) is 14.8 Å². The van der Waals surface area contributed by atoms with Gasteiger partial charge in [0.05, 0.1) is 16.5 Å². The molecule has 0 aliphatic heterocycles. The van der Waals surface area contributed by atoms with Gasteiger partial charge in [-0.05, 0) is 25.0 Å². The van der Waals surface area contributed by atoms with Gasteiger partial charge in [-0.2, -0.15) is 0 Å². The molecule has 0 atom stereocenters. The maximum Gasteiger partial charge on any atom is 0.234 e. The number of nitrogens with zero attached hydrogens (tertiary/aromatic N) is 3. The number of benzene rings is 1. The average molecular weight is 393 g/mol. The van der Waals surface area contributed by atoms with Crippen LogP contribution in [0.25, 0.3) is 0 Å². The van der Waals surface area contributed by atoms with Crippen LogP contribution in [0.4, 0.5) is 5.69 Å². The van der Waals surface area contributed by atoms with Crippen LogP contribution in [0.2, 0.25) is 5.02 Å². The van der Waals surface area contributed by atoms with Gasteiger partial charge < -0.3 is 9.88 Å². The smallest absolute Gasteiger partial charge is 0.234 e. The molecule has 0 spiro atoms. The Balaban J connectivity index is 1.57. The summed E-state index contributed by atoms with van der Waals surface area (Å²) in [5, 5.41) is 12.9. The second-order valence-corrected chi connectivity index (χ2v) is 8.02. The van der Waals surface area contributed by atoms with Crippen LogP contribution in [0, 0.1) is 5.92 Å². The Labute approximate surface area is 163 Å². The zero-order valence-electron chi connectivity index (χ0n) is 15.1. The Morgan fingerprint density at radius 1 is 1.27 bits per heavy atom. The van der Waals surface area contributed by atoms with Crippen LogP contribution < -0.4 is 5.32 Å². The molecule has 1 N–H and O–H groups in total. The first-order chi connectivity index (χ1) is 12.7. The van der Waals surface area contributed by atoms with Gasteiger partial charge in [0, 0.05) is 13.0 Å². The largest absolute Gasteiger partial charge is 0.324 e. The molecule has 7 heteroatoms. The van der Waals surface area contributed by atoms with Crippen LogP contribution in [0.1, 0.15) is 44.9 Å². The van der Waals surface area contributed by atoms with Crippen molar-refractivity contribution in [2.75, 3.05) is 11.1 Å². The third-order valence-electron chi connectivity index (χ3n) is 4.79. The molecule has 0 radical (unpaired) electrons. The van der Waals surface area contributed by atoms with Gasteiger partial charge >= 0.3 is 0 Å². The zero-order chi connectivity index (χ0) is 18.4. The van der Waals surface area contributed by atoms with Crippen LogP contribution >= 0.6 is 23.4 Å². The van der Waals surface area contributed by atoms with Crippen molar-refractivity contribution in [2.45, 2.75) is 57.1 Å². The Morgan fingerprint density at radius 2 is 2.04 bits per heavy atom. The van der Waals surface area contributed by atoms with E-state index in [0.717, 1.165) is 29.9 Å². The van der Waals surface area contributed by atoms with Crippen LogP contribution in [-0.2, 0) is 17.8 Å². The van der Waals surface area contributed by atoms with Gasteiger partial charge in [0.1, 0.15) is 5.82 Å². The van der Waals surface area contributed by atoms with E-state index in [4.69, 9.17) is 11.6 Å². The van der Waals surface area contributed by atoms with Crippen molar-refractivity contribution in [3.05, 3.63) is 35.1 Å². The molecule has 1 fully saturated rings. The first kappa shape index (κ1) is 19.2. The van der Waals surface area contributed by atoms with E-state index in [9.17, 15) is 4.79 Å². The van der Waals surface area contributed by atoms with Gasteiger partial charge in [0.15, 0.2) is 5.16 Å². The summed E-state index contributed by atoms with van der Waals surface area (Å²) < 4.78 is 2.14. The molecule has 3 rings (SSSR count). The number of carbonyl (C=O) groups excluding carboxylic acids is 1. The third kappa shape index (κ3) is 5.01. The summed E-state index contributed by atoms with van der Waals surface area (Å²) in [5.74, 6) is 1.96. The highest BCUT2D eigenvalue weighted by molar-refractivity contribution is 7.99. The van der Waals surface area contributed by atoms with Gasteiger partial charge in [-0.25, -0.2) is 0 Å². The zero-order valence-corrected chi connectivity index (χ0v) is 16.7. The standard InChI is InChI=1S/C19H25ClN4OS/c1-2-24-17(12-14-8-4-3-5-9-14)22-23-19(24)26-13-18(25)21-16-11-7-6-10-15(16)20/h6-7,10-11,14H,2-5,8-9,12-13H2,1H3,(H,21,25). The van der Waals surface area contributed by atoms with Gasteiger partial charge in [-0.3, -0.25) is 4.79 Å². The molecule has 1 aliphatic carbocycles. The van der Waals surface area contributed by atoms with E-state index >= 15 is 0 Å². The third-order valence-corrected chi connectivity index (χ3v) is 6.08. The molecule has 1 aromatic heterocycles. The lowest BCUT2D eigenvalue weighted by molar-refractivity contribution is -0.113. The second-order valence-electron chi connectivity index (χ2n) is 6.67. The number of para-hydroxylation sites is 1. The van der Waals surface area contributed by atoms with E-state index in [2.05, 4.69) is 27.0 Å². The molecular weight excluding hydrogens is 368 g/mol. The van der Waals surface area contributed by atoms with Gasteiger partial charge in [-0.15, -0.1) is 10.2 Å². The van der Waals surface area contributed by atoms with Crippen molar-refractivity contribution >= 4 is 35.0 Å². The summed E-state index contributed by atoms with van der Waals surface area (Å²) in [6.07, 6.45) is 7.59. The number of nitrogens with one attached hydrogen (secondary N) is 1. The van der Waals surface area contributed by atoms with Gasteiger partial charge in [-0.1, -0.05) is 67.6 Å². The van der Waals surface area contributed by atoms with Crippen molar-refractivity contribution in [1.29, 1.82) is 0 Å². The van der Waals surface area contributed by atoms with Crippen molar-refractivity contribution in [3.63, 3.8) is 0 Å². The number of carbonyl (C=O) groups is 1. The number of thioether (sulfide) groups is 1. The van der Waals surface area contributed by atoms with Crippen molar-refractivity contribution in [2.24, 2.45) is 5.92 Å². The summed E-state index contributed by atoms with van der Waals surface area (Å²) in [6.45, 7) is 2.92. The number of amides is 1. The highest BCUT2D eigenvalue weighted by Gasteiger charge is 2.19. The Kier molecular flexibility index (Phi) is 6.97. The lowest BCUT2D eigenvalue weighted by Crippen LogP contribution is -2.15. The van der Waals surface area contributed by atoms with Crippen molar-refractivity contribution < 1.29 is 4.79 Å². The predicted octanol–water partition coefficient (Wildman–Crippen LogP) is 4.81. The summed E-state index contributed by atoms with van der Waals surface area (Å²) in [4.78, 5) is 12.2. The molecule has 0 bridgehead atoms. The molecule has 1 saturated carbocycles. The lowest BCUT2D eigenvalue weighted by atomic mass is 9.87. The molecule has 1 amide bonds. The highest BCUT2D eigenvalue weighted by atomic mass is 35.5. The van der Waals surface area contributed by atoms with Gasteiger partial charge in [0.2, 0.25) is 5.91 Å². The number of halogens is 1. The van der Waals surface area contributed by atoms with E-state index in [1.807, 2.05) is 12.1 Å². The fourth-order valence-corrected chi connectivity index (χ4v) is 4.43. The fourth-order valence-electron chi connectivity index (χ4n) is 3.42. The van der Waals surface area contributed by atoms with Crippen LogP contribution in [0.15, 0.2) is 29.4 Å². The SMILES string of the molecule is CCn1c(CC2CCCCC2)nnc1SCC(=O)Nc1ccccc1Cl. The van der Waals surface area contributed by atoms with Gasteiger partial charge in [0.25, 0.3) is 0 Å². The normalized spacial score (nSPS) is 15.2. The molecule has 5 nitrogen and oxygen atoms in total. The second kappa shape index (κ2) is 9.42. The number of aromatic nitrogens is 3. The minimum Gasteiger partial charge on any atom is -0.324 e. The summed E-state index contributed by atoms with van der Waals surface area (Å²) in [6, 6.07) is 7.24. The number of hydrogen-bond donors (Lipinski definition) is 1. The first-order valence-corrected chi connectivity index (χ1v) is 10.6. The predicted molar refractivity (Wildman–Crippen MR) is 107 cm³/mol. The molecule has 0 unspecified atom stereocenters. The molecule has 1 aromatic carbocycles. The Hall–Kier alpha value is -1.53. The number of rotatable bonds is 7. The van der Waals surface area contributed by atoms with Crippen LogP contribution in [0.5, 0.6) is 0 Å². The lowest BCUT2D eigenvalue weighted by Gasteiger charge is -2.21. The Morgan fingerprint density at radius 3 is 2.77 bits per heavy atom. The monoisotopic (exact) mass is 392 g/mol. The average Bonchev–Trinajstić information content (AvgIpc) is 3.04. The van der Waals surface area contributed by atoms with E-state index in [1.165, 1.54) is 43.9 Å². The summed E-state index contributed by atoms with van der Waals surface area (Å²) in [7, 11) is 0. The summed E-state index contributed by atoms with van der Waals surface area (Å²) in [5.41, 5.74) is 0.634. The summed E-state index contributed by atoms with van der Waals surface area (Å²) >= 11 is 7.50. The molecule has 26 heavy (non-hydrogen) atoms. The van der Waals surface area contributed by atoms with Crippen LogP contribution in [0.3, 0.4) is 0 Å². The van der Waals surface area contributed by atoms with E-state index in [0.29, 0.717) is 10.7 Å².